The Hall–Kier alpha value is -2.81. The Morgan fingerprint density at radius 1 is 1.26 bits per heavy atom. The zero-order valence-corrected chi connectivity index (χ0v) is 18.6. The van der Waals surface area contributed by atoms with Crippen LogP contribution in [0.1, 0.15) is 24.2 Å². The van der Waals surface area contributed by atoms with E-state index in [0.29, 0.717) is 17.6 Å². The Morgan fingerprint density at radius 2 is 2.00 bits per heavy atom. The Kier molecular flexibility index (Phi) is 6.60. The highest BCUT2D eigenvalue weighted by Gasteiger charge is 2.19. The molecule has 0 saturated carbocycles. The van der Waals surface area contributed by atoms with E-state index in [1.54, 1.807) is 17.5 Å². The second kappa shape index (κ2) is 9.55. The maximum absolute atomic E-state index is 11.5. The van der Waals surface area contributed by atoms with Gasteiger partial charge in [0.1, 0.15) is 5.82 Å². The number of rotatable bonds is 6. The van der Waals surface area contributed by atoms with E-state index in [2.05, 4.69) is 51.5 Å². The molecule has 3 N–H and O–H groups in total. The molecule has 0 aliphatic carbocycles. The monoisotopic (exact) mass is 437 g/mol. The predicted octanol–water partition coefficient (Wildman–Crippen LogP) is 4.28. The number of urea groups is 1. The van der Waals surface area contributed by atoms with Gasteiger partial charge in [0.25, 0.3) is 0 Å². The summed E-state index contributed by atoms with van der Waals surface area (Å²) in [4.78, 5) is 24.5. The maximum Gasteiger partial charge on any atom is 0.316 e. The van der Waals surface area contributed by atoms with Crippen molar-refractivity contribution in [1.82, 2.24) is 14.9 Å². The molecule has 1 aliphatic rings. The van der Waals surface area contributed by atoms with Gasteiger partial charge in [-0.3, -0.25) is 4.90 Å². The van der Waals surface area contributed by atoms with E-state index in [1.165, 1.54) is 5.56 Å². The lowest BCUT2D eigenvalue weighted by Crippen LogP contribution is -2.36. The molecule has 0 radical (unpaired) electrons. The molecule has 1 fully saturated rings. The van der Waals surface area contributed by atoms with Crippen LogP contribution in [-0.2, 0) is 11.3 Å². The van der Waals surface area contributed by atoms with Gasteiger partial charge in [0.15, 0.2) is 0 Å². The van der Waals surface area contributed by atoms with Crippen molar-refractivity contribution in [1.29, 1.82) is 0 Å². The first kappa shape index (κ1) is 21.4. The van der Waals surface area contributed by atoms with Crippen molar-refractivity contribution >= 4 is 23.1 Å². The number of benzene rings is 1. The normalized spacial score (nSPS) is 14.7. The van der Waals surface area contributed by atoms with Gasteiger partial charge in [-0.1, -0.05) is 24.3 Å². The Balaban J connectivity index is 1.55. The lowest BCUT2D eigenvalue weighted by molar-refractivity contribution is 0.0407. The highest BCUT2D eigenvalue weighted by molar-refractivity contribution is 7.19. The molecule has 7 nitrogen and oxygen atoms in total. The van der Waals surface area contributed by atoms with Crippen molar-refractivity contribution in [3.8, 4) is 21.0 Å². The summed E-state index contributed by atoms with van der Waals surface area (Å²) in [7, 11) is 2.18. The number of anilines is 1. The highest BCUT2D eigenvalue weighted by Crippen LogP contribution is 2.40. The van der Waals surface area contributed by atoms with Gasteiger partial charge in [-0.2, -0.15) is 0 Å². The number of carbonyl (C=O) groups is 1. The Morgan fingerprint density at radius 3 is 2.68 bits per heavy atom. The minimum Gasteiger partial charge on any atom is -0.381 e. The average Bonchev–Trinajstić information content (AvgIpc) is 3.18. The van der Waals surface area contributed by atoms with E-state index in [4.69, 9.17) is 10.5 Å². The smallest absolute Gasteiger partial charge is 0.316 e. The third kappa shape index (κ3) is 5.28. The molecule has 1 aromatic carbocycles. The van der Waals surface area contributed by atoms with Gasteiger partial charge >= 0.3 is 6.03 Å². The molecule has 8 heteroatoms. The fraction of sp³-hybridized carbons (Fsp3) is 0.348. The van der Waals surface area contributed by atoms with Crippen LogP contribution in [0.3, 0.4) is 0 Å². The summed E-state index contributed by atoms with van der Waals surface area (Å²) in [6, 6.07) is 12.4. The predicted molar refractivity (Wildman–Crippen MR) is 124 cm³/mol. The lowest BCUT2D eigenvalue weighted by atomic mass is 10.1. The molecule has 162 valence electrons. The van der Waals surface area contributed by atoms with Gasteiger partial charge < -0.3 is 15.8 Å². The Labute approximate surface area is 186 Å². The molecular formula is C23H27N5O2S. The number of nitrogens with zero attached hydrogens (tertiary/aromatic N) is 3. The molecule has 2 amide bonds. The van der Waals surface area contributed by atoms with E-state index in [0.717, 1.165) is 53.6 Å². The molecule has 0 atom stereocenters. The molecule has 4 rings (SSSR count). The summed E-state index contributed by atoms with van der Waals surface area (Å²) in [5.74, 6) is 0.676. The van der Waals surface area contributed by atoms with Crippen molar-refractivity contribution < 1.29 is 9.53 Å². The third-order valence-electron chi connectivity index (χ3n) is 5.48. The van der Waals surface area contributed by atoms with Gasteiger partial charge in [-0.25, -0.2) is 14.8 Å². The molecular weight excluding hydrogens is 410 g/mol. The minimum absolute atomic E-state index is 0.576. The average molecular weight is 438 g/mol. The number of hydrogen-bond donors (Lipinski definition) is 2. The maximum atomic E-state index is 11.5. The SMILES string of the molecule is Cc1nccc(-c2sc(-c3ccc(CN(C)C4CCOCC4)cc3)cc2NC(N)=O)n1. The summed E-state index contributed by atoms with van der Waals surface area (Å²) in [5, 5.41) is 2.73. The van der Waals surface area contributed by atoms with Crippen LogP contribution < -0.4 is 11.1 Å². The largest absolute Gasteiger partial charge is 0.381 e. The van der Waals surface area contributed by atoms with Gasteiger partial charge in [0, 0.05) is 36.9 Å². The fourth-order valence-corrected chi connectivity index (χ4v) is 4.94. The second-order valence-corrected chi connectivity index (χ2v) is 8.84. The van der Waals surface area contributed by atoms with E-state index in [-0.39, 0.29) is 0 Å². The quantitative estimate of drug-likeness (QED) is 0.600. The van der Waals surface area contributed by atoms with Crippen LogP contribution in [0.15, 0.2) is 42.6 Å². The number of carbonyl (C=O) groups excluding carboxylic acids is 1. The molecule has 1 saturated heterocycles. The summed E-state index contributed by atoms with van der Waals surface area (Å²) in [6.45, 7) is 4.45. The summed E-state index contributed by atoms with van der Waals surface area (Å²) in [5.41, 5.74) is 9.18. The zero-order valence-electron chi connectivity index (χ0n) is 17.8. The van der Waals surface area contributed by atoms with Crippen LogP contribution in [0.5, 0.6) is 0 Å². The first-order valence-corrected chi connectivity index (χ1v) is 11.2. The number of thiophene rings is 1. The van der Waals surface area contributed by atoms with E-state index < -0.39 is 6.03 Å². The molecule has 0 bridgehead atoms. The van der Waals surface area contributed by atoms with Crippen molar-refractivity contribution in [2.45, 2.75) is 32.4 Å². The first-order chi connectivity index (χ1) is 15.0. The number of amides is 2. The molecule has 31 heavy (non-hydrogen) atoms. The number of nitrogens with one attached hydrogen (secondary N) is 1. The van der Waals surface area contributed by atoms with Crippen molar-refractivity contribution in [3.05, 3.63) is 54.0 Å². The molecule has 1 aliphatic heterocycles. The number of aromatic nitrogens is 2. The fourth-order valence-electron chi connectivity index (χ4n) is 3.85. The molecule has 3 aromatic rings. The van der Waals surface area contributed by atoms with Crippen LogP contribution in [0, 0.1) is 6.92 Å². The van der Waals surface area contributed by atoms with Gasteiger partial charge in [-0.15, -0.1) is 11.3 Å². The lowest BCUT2D eigenvalue weighted by Gasteiger charge is -2.31. The standard InChI is InChI=1S/C23H27N5O2S/c1-15-25-10-7-19(26-15)22-20(27-23(24)29)13-21(31-22)17-5-3-16(4-6-17)14-28(2)18-8-11-30-12-9-18/h3-7,10,13,18H,8-9,11-12,14H2,1-2H3,(H3,24,27,29). The van der Waals surface area contributed by atoms with Crippen LogP contribution >= 0.6 is 11.3 Å². The second-order valence-electron chi connectivity index (χ2n) is 7.79. The van der Waals surface area contributed by atoms with Gasteiger partial charge in [0.2, 0.25) is 0 Å². The van der Waals surface area contributed by atoms with E-state index in [9.17, 15) is 4.79 Å². The number of ether oxygens (including phenoxy) is 1. The number of nitrogens with two attached hydrogens (primary N) is 1. The summed E-state index contributed by atoms with van der Waals surface area (Å²) in [6.07, 6.45) is 3.89. The number of aryl methyl sites for hydroxylation is 1. The molecule has 2 aromatic heterocycles. The van der Waals surface area contributed by atoms with Crippen LogP contribution in [-0.4, -0.2) is 47.2 Å². The zero-order chi connectivity index (χ0) is 21.8. The summed E-state index contributed by atoms with van der Waals surface area (Å²) < 4.78 is 5.47. The van der Waals surface area contributed by atoms with E-state index in [1.807, 2.05) is 19.1 Å². The third-order valence-corrected chi connectivity index (χ3v) is 6.69. The summed E-state index contributed by atoms with van der Waals surface area (Å²) >= 11 is 1.57. The van der Waals surface area contributed by atoms with Crippen molar-refractivity contribution in [2.75, 3.05) is 25.6 Å². The van der Waals surface area contributed by atoms with Crippen molar-refractivity contribution in [2.24, 2.45) is 5.73 Å². The van der Waals surface area contributed by atoms with Gasteiger partial charge in [0.05, 0.1) is 16.3 Å². The van der Waals surface area contributed by atoms with E-state index >= 15 is 0 Å². The molecule has 0 unspecified atom stereocenters. The molecule has 3 heterocycles. The van der Waals surface area contributed by atoms with Crippen LogP contribution in [0.2, 0.25) is 0 Å². The molecule has 0 spiro atoms. The first-order valence-electron chi connectivity index (χ1n) is 10.4. The van der Waals surface area contributed by atoms with Gasteiger partial charge in [-0.05, 0) is 50.1 Å². The minimum atomic E-state index is -0.595. The highest BCUT2D eigenvalue weighted by atomic mass is 32.1. The van der Waals surface area contributed by atoms with Crippen molar-refractivity contribution in [3.63, 3.8) is 0 Å². The number of primary amides is 1. The topological polar surface area (TPSA) is 93.4 Å². The van der Waals surface area contributed by atoms with Crippen LogP contribution in [0.4, 0.5) is 10.5 Å². The number of hydrogen-bond acceptors (Lipinski definition) is 6. The Bertz CT molecular complexity index is 1040. The van der Waals surface area contributed by atoms with Crippen LogP contribution in [0.25, 0.3) is 21.0 Å².